The normalized spacial score (nSPS) is 17.2. The monoisotopic (exact) mass is 333 g/mol. The third-order valence-electron chi connectivity index (χ3n) is 3.87. The van der Waals surface area contributed by atoms with Crippen LogP contribution in [0.25, 0.3) is 5.65 Å². The Balaban J connectivity index is 1.27. The van der Waals surface area contributed by atoms with E-state index in [-0.39, 0.29) is 12.1 Å². The van der Waals surface area contributed by atoms with Crippen LogP contribution in [-0.2, 0) is 16.0 Å². The van der Waals surface area contributed by atoms with Crippen LogP contribution in [0.3, 0.4) is 0 Å². The number of rotatable bonds is 8. The van der Waals surface area contributed by atoms with Gasteiger partial charge in [0.05, 0.1) is 19.3 Å². The second-order valence-electron chi connectivity index (χ2n) is 5.72. The Morgan fingerprint density at radius 3 is 3.21 bits per heavy atom. The van der Waals surface area contributed by atoms with Crippen molar-refractivity contribution in [3.8, 4) is 0 Å². The fourth-order valence-electron chi connectivity index (χ4n) is 2.60. The van der Waals surface area contributed by atoms with Crippen LogP contribution >= 0.6 is 0 Å². The van der Waals surface area contributed by atoms with E-state index < -0.39 is 0 Å². The molecule has 24 heavy (non-hydrogen) atoms. The van der Waals surface area contributed by atoms with Crippen molar-refractivity contribution >= 4 is 11.7 Å². The summed E-state index contributed by atoms with van der Waals surface area (Å²) in [5, 5.41) is 13.7. The van der Waals surface area contributed by atoms with Gasteiger partial charge in [0.1, 0.15) is 0 Å². The van der Waals surface area contributed by atoms with Crippen molar-refractivity contribution in [2.75, 3.05) is 26.4 Å². The molecule has 1 fully saturated rings. The SMILES string of the molecule is O=C(NCCCOC[C@H]1CCCO1)NCc1nnc2ccccn12. The quantitative estimate of drug-likeness (QED) is 0.707. The first kappa shape index (κ1) is 16.7. The van der Waals surface area contributed by atoms with Crippen molar-refractivity contribution in [2.45, 2.75) is 31.9 Å². The Morgan fingerprint density at radius 2 is 2.33 bits per heavy atom. The maximum absolute atomic E-state index is 11.8. The van der Waals surface area contributed by atoms with Gasteiger partial charge in [-0.3, -0.25) is 4.40 Å². The Morgan fingerprint density at radius 1 is 1.38 bits per heavy atom. The van der Waals surface area contributed by atoms with E-state index >= 15 is 0 Å². The zero-order chi connectivity index (χ0) is 16.6. The molecule has 1 atom stereocenters. The van der Waals surface area contributed by atoms with Gasteiger partial charge in [-0.25, -0.2) is 4.79 Å². The molecular weight excluding hydrogens is 310 g/mol. The third-order valence-corrected chi connectivity index (χ3v) is 3.87. The molecule has 0 aliphatic carbocycles. The summed E-state index contributed by atoms with van der Waals surface area (Å²) in [6, 6.07) is 5.44. The number of carbonyl (C=O) groups excluding carboxylic acids is 1. The molecule has 8 nitrogen and oxygen atoms in total. The van der Waals surface area contributed by atoms with Gasteiger partial charge in [-0.05, 0) is 31.4 Å². The van der Waals surface area contributed by atoms with Gasteiger partial charge in [0, 0.05) is 26.0 Å². The first-order chi connectivity index (χ1) is 11.8. The molecule has 0 saturated carbocycles. The zero-order valence-electron chi connectivity index (χ0n) is 13.6. The number of carbonyl (C=O) groups is 1. The average molecular weight is 333 g/mol. The van der Waals surface area contributed by atoms with E-state index in [1.165, 1.54) is 0 Å². The molecule has 0 spiro atoms. The highest BCUT2D eigenvalue weighted by atomic mass is 16.5. The van der Waals surface area contributed by atoms with E-state index in [2.05, 4.69) is 20.8 Å². The molecular formula is C16H23N5O3. The molecule has 0 aromatic carbocycles. The Kier molecular flexibility index (Phi) is 5.97. The number of amides is 2. The van der Waals surface area contributed by atoms with Gasteiger partial charge in [-0.1, -0.05) is 6.07 Å². The topological polar surface area (TPSA) is 89.8 Å². The molecule has 2 N–H and O–H groups in total. The molecule has 1 aliphatic rings. The van der Waals surface area contributed by atoms with Crippen molar-refractivity contribution in [1.29, 1.82) is 0 Å². The molecule has 0 radical (unpaired) electrons. The lowest BCUT2D eigenvalue weighted by molar-refractivity contribution is 0.0168. The van der Waals surface area contributed by atoms with Crippen LogP contribution in [-0.4, -0.2) is 53.1 Å². The van der Waals surface area contributed by atoms with E-state index in [1.807, 2.05) is 28.8 Å². The van der Waals surface area contributed by atoms with Crippen molar-refractivity contribution in [3.05, 3.63) is 30.2 Å². The number of aromatic nitrogens is 3. The number of hydrogen-bond donors (Lipinski definition) is 2. The highest BCUT2D eigenvalue weighted by Crippen LogP contribution is 2.11. The van der Waals surface area contributed by atoms with Crippen molar-refractivity contribution < 1.29 is 14.3 Å². The predicted octanol–water partition coefficient (Wildman–Crippen LogP) is 1.11. The molecule has 0 unspecified atom stereocenters. The summed E-state index contributed by atoms with van der Waals surface area (Å²) in [7, 11) is 0. The summed E-state index contributed by atoms with van der Waals surface area (Å²) in [5.74, 6) is 0.695. The summed E-state index contributed by atoms with van der Waals surface area (Å²) < 4.78 is 12.9. The molecule has 3 heterocycles. The zero-order valence-corrected chi connectivity index (χ0v) is 13.6. The summed E-state index contributed by atoms with van der Waals surface area (Å²) in [5.41, 5.74) is 0.762. The fraction of sp³-hybridized carbons (Fsp3) is 0.562. The number of pyridine rings is 1. The van der Waals surface area contributed by atoms with Crippen LogP contribution in [0, 0.1) is 0 Å². The number of ether oxygens (including phenoxy) is 2. The molecule has 1 aliphatic heterocycles. The van der Waals surface area contributed by atoms with Crippen LogP contribution in [0.15, 0.2) is 24.4 Å². The van der Waals surface area contributed by atoms with Crippen molar-refractivity contribution in [2.24, 2.45) is 0 Å². The summed E-state index contributed by atoms with van der Waals surface area (Å²) in [6.07, 6.45) is 5.10. The van der Waals surface area contributed by atoms with E-state index in [0.29, 0.717) is 32.1 Å². The van der Waals surface area contributed by atoms with Crippen molar-refractivity contribution in [1.82, 2.24) is 25.2 Å². The van der Waals surface area contributed by atoms with E-state index in [1.54, 1.807) is 0 Å². The lowest BCUT2D eigenvalue weighted by atomic mass is 10.2. The molecule has 2 amide bonds. The first-order valence-corrected chi connectivity index (χ1v) is 8.32. The van der Waals surface area contributed by atoms with Crippen molar-refractivity contribution in [3.63, 3.8) is 0 Å². The summed E-state index contributed by atoms with van der Waals surface area (Å²) >= 11 is 0. The van der Waals surface area contributed by atoms with Gasteiger partial charge < -0.3 is 20.1 Å². The minimum Gasteiger partial charge on any atom is -0.379 e. The van der Waals surface area contributed by atoms with Gasteiger partial charge >= 0.3 is 6.03 Å². The number of urea groups is 1. The maximum atomic E-state index is 11.8. The molecule has 0 bridgehead atoms. The molecule has 2 aromatic rings. The van der Waals surface area contributed by atoms with Gasteiger partial charge in [0.25, 0.3) is 0 Å². The van der Waals surface area contributed by atoms with E-state index in [4.69, 9.17) is 9.47 Å². The first-order valence-electron chi connectivity index (χ1n) is 8.32. The molecule has 1 saturated heterocycles. The molecule has 2 aromatic heterocycles. The molecule has 8 heteroatoms. The lowest BCUT2D eigenvalue weighted by Crippen LogP contribution is -2.36. The second kappa shape index (κ2) is 8.60. The number of hydrogen-bond acceptors (Lipinski definition) is 5. The average Bonchev–Trinajstić information content (AvgIpc) is 3.26. The van der Waals surface area contributed by atoms with Crippen LogP contribution in [0.2, 0.25) is 0 Å². The fourth-order valence-corrected chi connectivity index (χ4v) is 2.60. The highest BCUT2D eigenvalue weighted by molar-refractivity contribution is 5.73. The number of nitrogens with one attached hydrogen (secondary N) is 2. The van der Waals surface area contributed by atoms with Gasteiger partial charge in [-0.2, -0.15) is 0 Å². The standard InChI is InChI=1S/C16H23N5O3/c22-16(17-7-4-9-23-12-13-5-3-10-24-13)18-11-15-20-19-14-6-1-2-8-21(14)15/h1-2,6,8,13H,3-5,7,9-12H2,(H2,17,18,22)/t13-/m1/s1. The van der Waals surface area contributed by atoms with Gasteiger partial charge in [-0.15, -0.1) is 10.2 Å². The third kappa shape index (κ3) is 4.65. The largest absolute Gasteiger partial charge is 0.379 e. The van der Waals surface area contributed by atoms with E-state index in [9.17, 15) is 4.79 Å². The number of fused-ring (bicyclic) bond motifs is 1. The highest BCUT2D eigenvalue weighted by Gasteiger charge is 2.14. The van der Waals surface area contributed by atoms with Crippen LogP contribution in [0.5, 0.6) is 0 Å². The Hall–Kier alpha value is -2.19. The summed E-state index contributed by atoms with van der Waals surface area (Å²) in [6.45, 7) is 3.00. The maximum Gasteiger partial charge on any atom is 0.315 e. The molecule has 3 rings (SSSR count). The summed E-state index contributed by atoms with van der Waals surface area (Å²) in [4.78, 5) is 11.8. The van der Waals surface area contributed by atoms with E-state index in [0.717, 1.165) is 31.5 Å². The predicted molar refractivity (Wildman–Crippen MR) is 87.6 cm³/mol. The number of nitrogens with zero attached hydrogens (tertiary/aromatic N) is 3. The van der Waals surface area contributed by atoms with Gasteiger partial charge in [0.15, 0.2) is 11.5 Å². The molecule has 130 valence electrons. The van der Waals surface area contributed by atoms with Crippen LogP contribution < -0.4 is 10.6 Å². The smallest absolute Gasteiger partial charge is 0.315 e. The second-order valence-corrected chi connectivity index (χ2v) is 5.72. The van der Waals surface area contributed by atoms with Crippen LogP contribution in [0.1, 0.15) is 25.1 Å². The minimum absolute atomic E-state index is 0.221. The Labute approximate surface area is 140 Å². The lowest BCUT2D eigenvalue weighted by Gasteiger charge is -2.10. The minimum atomic E-state index is -0.221. The Bertz CT molecular complexity index is 654. The van der Waals surface area contributed by atoms with Gasteiger partial charge in [0.2, 0.25) is 0 Å². The van der Waals surface area contributed by atoms with Crippen LogP contribution in [0.4, 0.5) is 4.79 Å².